The zero-order valence-corrected chi connectivity index (χ0v) is 11.6. The summed E-state index contributed by atoms with van der Waals surface area (Å²) in [7, 11) is 0. The summed E-state index contributed by atoms with van der Waals surface area (Å²) in [6.07, 6.45) is -0.186. The molecule has 1 aliphatic rings. The summed E-state index contributed by atoms with van der Waals surface area (Å²) in [5.74, 6) is 7.14. The van der Waals surface area contributed by atoms with Gasteiger partial charge in [0.1, 0.15) is 6.61 Å². The van der Waals surface area contributed by atoms with Gasteiger partial charge in [-0.1, -0.05) is 23.7 Å². The van der Waals surface area contributed by atoms with E-state index >= 15 is 0 Å². The number of hydrazine groups is 1. The largest absolute Gasteiger partial charge is 0.486 e. The average Bonchev–Trinajstić information content (AvgIpc) is 2.86. The third-order valence-electron chi connectivity index (χ3n) is 2.98. The predicted octanol–water partition coefficient (Wildman–Crippen LogP) is 2.75. The Bertz CT molecular complexity index is 575. The quantitative estimate of drug-likeness (QED) is 0.675. The molecule has 3 rings (SSSR count). The highest BCUT2D eigenvalue weighted by molar-refractivity contribution is 7.16. The molecule has 6 heteroatoms. The van der Waals surface area contributed by atoms with E-state index in [9.17, 15) is 0 Å². The Labute approximate surface area is 120 Å². The minimum atomic E-state index is -0.186. The van der Waals surface area contributed by atoms with Crippen LogP contribution in [-0.4, -0.2) is 12.7 Å². The van der Waals surface area contributed by atoms with E-state index in [0.29, 0.717) is 6.61 Å². The standard InChI is InChI=1S/C13H13ClN2O2S/c14-12-6-5-11(19-12)13(16-15)10-7-17-8-3-1-2-4-9(8)18-10/h1-6,10,13,16H,7,15H2. The number of nitrogens with two attached hydrogens (primary N) is 1. The van der Waals surface area contributed by atoms with Gasteiger partial charge in [0.05, 0.1) is 10.4 Å². The average molecular weight is 297 g/mol. The van der Waals surface area contributed by atoms with Crippen LogP contribution in [0.2, 0.25) is 4.34 Å². The third-order valence-corrected chi connectivity index (χ3v) is 4.30. The van der Waals surface area contributed by atoms with Gasteiger partial charge in [-0.2, -0.15) is 0 Å². The summed E-state index contributed by atoms with van der Waals surface area (Å²) in [6.45, 7) is 0.446. The van der Waals surface area contributed by atoms with Gasteiger partial charge in [0.25, 0.3) is 0 Å². The van der Waals surface area contributed by atoms with Gasteiger partial charge in [0, 0.05) is 4.88 Å². The molecule has 0 saturated carbocycles. The van der Waals surface area contributed by atoms with Gasteiger partial charge in [-0.3, -0.25) is 5.84 Å². The van der Waals surface area contributed by atoms with Crippen LogP contribution in [-0.2, 0) is 0 Å². The topological polar surface area (TPSA) is 56.5 Å². The van der Waals surface area contributed by atoms with E-state index in [1.165, 1.54) is 11.3 Å². The molecule has 2 heterocycles. The molecule has 3 N–H and O–H groups in total. The molecule has 0 radical (unpaired) electrons. The summed E-state index contributed by atoms with van der Waals surface area (Å²) >= 11 is 7.44. The third kappa shape index (κ3) is 2.55. The SMILES string of the molecule is NNC(c1ccc(Cl)s1)C1COc2ccccc2O1. The van der Waals surface area contributed by atoms with Crippen LogP contribution in [0.4, 0.5) is 0 Å². The molecule has 19 heavy (non-hydrogen) atoms. The Morgan fingerprint density at radius 3 is 2.74 bits per heavy atom. The van der Waals surface area contributed by atoms with Gasteiger partial charge in [-0.15, -0.1) is 11.3 Å². The highest BCUT2D eigenvalue weighted by atomic mass is 35.5. The Hall–Kier alpha value is -1.27. The molecule has 0 saturated heterocycles. The maximum absolute atomic E-state index is 5.96. The van der Waals surface area contributed by atoms with Gasteiger partial charge in [-0.25, -0.2) is 5.43 Å². The number of thiophene rings is 1. The van der Waals surface area contributed by atoms with Crippen molar-refractivity contribution in [3.63, 3.8) is 0 Å². The number of benzene rings is 1. The van der Waals surface area contributed by atoms with Crippen LogP contribution in [0.15, 0.2) is 36.4 Å². The predicted molar refractivity (Wildman–Crippen MR) is 75.7 cm³/mol. The lowest BCUT2D eigenvalue weighted by molar-refractivity contribution is 0.0626. The molecular weight excluding hydrogens is 284 g/mol. The van der Waals surface area contributed by atoms with Gasteiger partial charge >= 0.3 is 0 Å². The molecule has 4 nitrogen and oxygen atoms in total. The molecule has 1 aromatic heterocycles. The molecule has 1 aromatic carbocycles. The maximum atomic E-state index is 5.96. The maximum Gasteiger partial charge on any atom is 0.161 e. The lowest BCUT2D eigenvalue weighted by Crippen LogP contribution is -2.43. The number of fused-ring (bicyclic) bond motifs is 1. The number of hydrogen-bond donors (Lipinski definition) is 2. The first kappa shape index (κ1) is 12.7. The molecule has 0 aliphatic carbocycles. The molecule has 0 bridgehead atoms. The molecule has 2 atom stereocenters. The highest BCUT2D eigenvalue weighted by Gasteiger charge is 2.30. The van der Waals surface area contributed by atoms with Crippen molar-refractivity contribution in [2.75, 3.05) is 6.61 Å². The smallest absolute Gasteiger partial charge is 0.161 e. The first-order valence-corrected chi connectivity index (χ1v) is 7.07. The minimum absolute atomic E-state index is 0.147. The first-order valence-electron chi connectivity index (χ1n) is 5.88. The van der Waals surface area contributed by atoms with Crippen molar-refractivity contribution in [1.29, 1.82) is 0 Å². The van der Waals surface area contributed by atoms with E-state index in [1.807, 2.05) is 36.4 Å². The van der Waals surface area contributed by atoms with E-state index < -0.39 is 0 Å². The number of hydrogen-bond acceptors (Lipinski definition) is 5. The fraction of sp³-hybridized carbons (Fsp3) is 0.231. The fourth-order valence-corrected chi connectivity index (χ4v) is 3.24. The second-order valence-electron chi connectivity index (χ2n) is 4.20. The van der Waals surface area contributed by atoms with Crippen molar-refractivity contribution in [3.8, 4) is 11.5 Å². The van der Waals surface area contributed by atoms with Crippen molar-refractivity contribution in [2.24, 2.45) is 5.84 Å². The van der Waals surface area contributed by atoms with Crippen LogP contribution < -0.4 is 20.7 Å². The van der Waals surface area contributed by atoms with Crippen molar-refractivity contribution >= 4 is 22.9 Å². The molecule has 0 fully saturated rings. The van der Waals surface area contributed by atoms with E-state index in [1.54, 1.807) is 0 Å². The number of ether oxygens (including phenoxy) is 2. The van der Waals surface area contributed by atoms with Crippen molar-refractivity contribution in [1.82, 2.24) is 5.43 Å². The molecular formula is C13H13ClN2O2S. The molecule has 2 aromatic rings. The van der Waals surface area contributed by atoms with Crippen molar-refractivity contribution in [2.45, 2.75) is 12.1 Å². The second-order valence-corrected chi connectivity index (χ2v) is 5.95. The summed E-state index contributed by atoms with van der Waals surface area (Å²) in [5.41, 5.74) is 2.78. The molecule has 0 amide bonds. The summed E-state index contributed by atoms with van der Waals surface area (Å²) in [5, 5.41) is 0. The first-order chi connectivity index (χ1) is 9.28. The lowest BCUT2D eigenvalue weighted by atomic mass is 10.1. The number of para-hydroxylation sites is 2. The highest BCUT2D eigenvalue weighted by Crippen LogP contribution is 2.36. The van der Waals surface area contributed by atoms with E-state index in [-0.39, 0.29) is 12.1 Å². The van der Waals surface area contributed by atoms with Gasteiger partial charge in [0.15, 0.2) is 17.6 Å². The monoisotopic (exact) mass is 296 g/mol. The van der Waals surface area contributed by atoms with E-state index in [0.717, 1.165) is 20.7 Å². The second kappa shape index (κ2) is 5.38. The number of halogens is 1. The molecule has 2 unspecified atom stereocenters. The normalized spacial score (nSPS) is 19.2. The van der Waals surface area contributed by atoms with Crippen LogP contribution in [0.5, 0.6) is 11.5 Å². The van der Waals surface area contributed by atoms with Gasteiger partial charge in [-0.05, 0) is 24.3 Å². The Morgan fingerprint density at radius 2 is 2.05 bits per heavy atom. The van der Waals surface area contributed by atoms with Crippen molar-refractivity contribution < 1.29 is 9.47 Å². The fourth-order valence-electron chi connectivity index (χ4n) is 2.07. The van der Waals surface area contributed by atoms with Gasteiger partial charge < -0.3 is 9.47 Å². The number of rotatable bonds is 3. The lowest BCUT2D eigenvalue weighted by Gasteiger charge is -2.31. The van der Waals surface area contributed by atoms with Crippen LogP contribution in [0.25, 0.3) is 0 Å². The van der Waals surface area contributed by atoms with Crippen LogP contribution in [0.1, 0.15) is 10.9 Å². The molecule has 0 spiro atoms. The number of nitrogens with one attached hydrogen (secondary N) is 1. The summed E-state index contributed by atoms with van der Waals surface area (Å²) in [4.78, 5) is 1.03. The van der Waals surface area contributed by atoms with E-state index in [2.05, 4.69) is 5.43 Å². The Morgan fingerprint density at radius 1 is 1.26 bits per heavy atom. The summed E-state index contributed by atoms with van der Waals surface area (Å²) < 4.78 is 12.4. The van der Waals surface area contributed by atoms with Crippen molar-refractivity contribution in [3.05, 3.63) is 45.6 Å². The zero-order chi connectivity index (χ0) is 13.2. The summed E-state index contributed by atoms with van der Waals surface area (Å²) in [6, 6.07) is 11.3. The van der Waals surface area contributed by atoms with E-state index in [4.69, 9.17) is 26.9 Å². The molecule has 1 aliphatic heterocycles. The Kier molecular flexibility index (Phi) is 3.61. The minimum Gasteiger partial charge on any atom is -0.486 e. The van der Waals surface area contributed by atoms with Crippen LogP contribution >= 0.6 is 22.9 Å². The van der Waals surface area contributed by atoms with Gasteiger partial charge in [0.2, 0.25) is 0 Å². The van der Waals surface area contributed by atoms with Crippen LogP contribution in [0.3, 0.4) is 0 Å². The Balaban J connectivity index is 1.83. The zero-order valence-electron chi connectivity index (χ0n) is 10.0. The van der Waals surface area contributed by atoms with Crippen LogP contribution in [0, 0.1) is 0 Å². The molecule has 100 valence electrons.